The first-order valence-corrected chi connectivity index (χ1v) is 7.26. The van der Waals surface area contributed by atoms with Gasteiger partial charge in [0.2, 0.25) is 0 Å². The Balaban J connectivity index is 2.13. The minimum Gasteiger partial charge on any atom is -0.313 e. The van der Waals surface area contributed by atoms with E-state index in [-0.39, 0.29) is 0 Å². The van der Waals surface area contributed by atoms with Crippen molar-refractivity contribution in [1.82, 2.24) is 5.32 Å². The SMILES string of the molecule is CNC(c1ccccc1C)C1CCC(C)(C)CC1. The van der Waals surface area contributed by atoms with E-state index in [1.54, 1.807) is 0 Å². The summed E-state index contributed by atoms with van der Waals surface area (Å²) in [6, 6.07) is 9.35. The molecule has 1 nitrogen and oxygen atoms in total. The first kappa shape index (κ1) is 13.6. The van der Waals surface area contributed by atoms with Crippen molar-refractivity contribution in [1.29, 1.82) is 0 Å². The molecule has 0 radical (unpaired) electrons. The third-order valence-corrected chi connectivity index (χ3v) is 4.69. The molecule has 100 valence electrons. The van der Waals surface area contributed by atoms with Crippen molar-refractivity contribution in [3.63, 3.8) is 0 Å². The molecule has 1 N–H and O–H groups in total. The molecular formula is C17H27N. The predicted molar refractivity (Wildman–Crippen MR) is 78.7 cm³/mol. The monoisotopic (exact) mass is 245 g/mol. The fourth-order valence-corrected chi connectivity index (χ4v) is 3.34. The van der Waals surface area contributed by atoms with E-state index in [1.807, 2.05) is 0 Å². The summed E-state index contributed by atoms with van der Waals surface area (Å²) in [6.45, 7) is 7.04. The Kier molecular flexibility index (Phi) is 4.11. The van der Waals surface area contributed by atoms with Crippen LogP contribution in [0.3, 0.4) is 0 Å². The zero-order valence-corrected chi connectivity index (χ0v) is 12.3. The lowest BCUT2D eigenvalue weighted by Gasteiger charge is -2.38. The molecule has 0 heterocycles. The predicted octanol–water partition coefficient (Wildman–Crippen LogP) is 4.47. The van der Waals surface area contributed by atoms with E-state index in [0.29, 0.717) is 11.5 Å². The summed E-state index contributed by atoms with van der Waals surface area (Å²) in [7, 11) is 2.11. The third kappa shape index (κ3) is 2.95. The van der Waals surface area contributed by atoms with Crippen LogP contribution in [-0.2, 0) is 0 Å². The highest BCUT2D eigenvalue weighted by Gasteiger charge is 2.31. The van der Waals surface area contributed by atoms with E-state index >= 15 is 0 Å². The molecule has 0 spiro atoms. The minimum atomic E-state index is 0.530. The first-order chi connectivity index (χ1) is 8.53. The van der Waals surface area contributed by atoms with Gasteiger partial charge < -0.3 is 5.32 Å². The standard InChI is InChI=1S/C17H27N/c1-13-7-5-6-8-15(13)16(18-4)14-9-11-17(2,3)12-10-14/h5-8,14,16,18H,9-12H2,1-4H3. The Morgan fingerprint density at radius 1 is 1.17 bits per heavy atom. The Morgan fingerprint density at radius 3 is 2.33 bits per heavy atom. The number of hydrogen-bond acceptors (Lipinski definition) is 1. The minimum absolute atomic E-state index is 0.530. The summed E-state index contributed by atoms with van der Waals surface area (Å²) < 4.78 is 0. The molecular weight excluding hydrogens is 218 g/mol. The van der Waals surface area contributed by atoms with Crippen LogP contribution < -0.4 is 5.32 Å². The van der Waals surface area contributed by atoms with Crippen LogP contribution in [0, 0.1) is 18.3 Å². The van der Waals surface area contributed by atoms with E-state index in [1.165, 1.54) is 36.8 Å². The molecule has 1 fully saturated rings. The average molecular weight is 245 g/mol. The highest BCUT2D eigenvalue weighted by Crippen LogP contribution is 2.42. The summed E-state index contributed by atoms with van der Waals surface area (Å²) in [5, 5.41) is 3.56. The summed E-state index contributed by atoms with van der Waals surface area (Å²) in [4.78, 5) is 0. The second-order valence-electron chi connectivity index (χ2n) is 6.62. The van der Waals surface area contributed by atoms with Gasteiger partial charge in [-0.15, -0.1) is 0 Å². The lowest BCUT2D eigenvalue weighted by molar-refractivity contribution is 0.164. The second-order valence-corrected chi connectivity index (χ2v) is 6.62. The Bertz CT molecular complexity index is 384. The van der Waals surface area contributed by atoms with Crippen molar-refractivity contribution in [3.05, 3.63) is 35.4 Å². The molecule has 2 rings (SSSR count). The highest BCUT2D eigenvalue weighted by atomic mass is 14.9. The van der Waals surface area contributed by atoms with E-state index < -0.39 is 0 Å². The zero-order chi connectivity index (χ0) is 13.2. The topological polar surface area (TPSA) is 12.0 Å². The van der Waals surface area contributed by atoms with Crippen LogP contribution in [0.4, 0.5) is 0 Å². The molecule has 0 aliphatic heterocycles. The molecule has 1 saturated carbocycles. The van der Waals surface area contributed by atoms with E-state index in [4.69, 9.17) is 0 Å². The maximum absolute atomic E-state index is 3.56. The van der Waals surface area contributed by atoms with Gasteiger partial charge in [0.15, 0.2) is 0 Å². The van der Waals surface area contributed by atoms with Crippen molar-refractivity contribution in [2.45, 2.75) is 52.5 Å². The summed E-state index contributed by atoms with van der Waals surface area (Å²) in [6.07, 6.45) is 5.43. The third-order valence-electron chi connectivity index (χ3n) is 4.69. The molecule has 18 heavy (non-hydrogen) atoms. The highest BCUT2D eigenvalue weighted by molar-refractivity contribution is 5.29. The number of aryl methyl sites for hydroxylation is 1. The van der Waals surface area contributed by atoms with E-state index in [9.17, 15) is 0 Å². The molecule has 0 saturated heterocycles. The number of nitrogens with one attached hydrogen (secondary N) is 1. The lowest BCUT2D eigenvalue weighted by atomic mass is 9.70. The lowest BCUT2D eigenvalue weighted by Crippen LogP contribution is -2.31. The van der Waals surface area contributed by atoms with Crippen LogP contribution in [0.2, 0.25) is 0 Å². The quantitative estimate of drug-likeness (QED) is 0.828. The maximum atomic E-state index is 3.56. The van der Waals surface area contributed by atoms with Gasteiger partial charge in [0.1, 0.15) is 0 Å². The fourth-order valence-electron chi connectivity index (χ4n) is 3.34. The smallest absolute Gasteiger partial charge is 0.0348 e. The molecule has 1 aromatic carbocycles. The first-order valence-electron chi connectivity index (χ1n) is 7.26. The van der Waals surface area contributed by atoms with Crippen LogP contribution >= 0.6 is 0 Å². The Hall–Kier alpha value is -0.820. The molecule has 1 aliphatic rings. The van der Waals surface area contributed by atoms with E-state index in [0.717, 1.165) is 5.92 Å². The molecule has 1 aromatic rings. The van der Waals surface area contributed by atoms with Gasteiger partial charge in [-0.1, -0.05) is 38.1 Å². The van der Waals surface area contributed by atoms with Crippen LogP contribution in [0.15, 0.2) is 24.3 Å². The van der Waals surface area contributed by atoms with Gasteiger partial charge in [-0.05, 0) is 62.1 Å². The van der Waals surface area contributed by atoms with Crippen molar-refractivity contribution >= 4 is 0 Å². The van der Waals surface area contributed by atoms with Crippen molar-refractivity contribution in [2.75, 3.05) is 7.05 Å². The largest absolute Gasteiger partial charge is 0.313 e. The Morgan fingerprint density at radius 2 is 1.78 bits per heavy atom. The van der Waals surface area contributed by atoms with Crippen LogP contribution in [0.1, 0.15) is 56.7 Å². The van der Waals surface area contributed by atoms with Crippen molar-refractivity contribution in [3.8, 4) is 0 Å². The van der Waals surface area contributed by atoms with Crippen LogP contribution in [-0.4, -0.2) is 7.05 Å². The van der Waals surface area contributed by atoms with Crippen molar-refractivity contribution in [2.24, 2.45) is 11.3 Å². The zero-order valence-electron chi connectivity index (χ0n) is 12.3. The van der Waals surface area contributed by atoms with Gasteiger partial charge in [-0.2, -0.15) is 0 Å². The van der Waals surface area contributed by atoms with Crippen LogP contribution in [0.25, 0.3) is 0 Å². The maximum Gasteiger partial charge on any atom is 0.0348 e. The van der Waals surface area contributed by atoms with Gasteiger partial charge in [-0.3, -0.25) is 0 Å². The summed E-state index contributed by atoms with van der Waals surface area (Å²) in [5.74, 6) is 0.795. The second kappa shape index (κ2) is 5.44. The van der Waals surface area contributed by atoms with E-state index in [2.05, 4.69) is 57.4 Å². The molecule has 0 aromatic heterocycles. The normalized spacial score (nSPS) is 21.8. The van der Waals surface area contributed by atoms with Gasteiger partial charge in [0.05, 0.1) is 0 Å². The van der Waals surface area contributed by atoms with Crippen LogP contribution in [0.5, 0.6) is 0 Å². The van der Waals surface area contributed by atoms with Gasteiger partial charge in [0.25, 0.3) is 0 Å². The summed E-state index contributed by atoms with van der Waals surface area (Å²) in [5.41, 5.74) is 3.46. The molecule has 1 aliphatic carbocycles. The molecule has 0 bridgehead atoms. The van der Waals surface area contributed by atoms with Gasteiger partial charge in [0, 0.05) is 6.04 Å². The Labute approximate surface area is 112 Å². The molecule has 0 amide bonds. The molecule has 1 atom stereocenters. The van der Waals surface area contributed by atoms with Crippen molar-refractivity contribution < 1.29 is 0 Å². The molecule has 1 heteroatoms. The number of rotatable bonds is 3. The fraction of sp³-hybridized carbons (Fsp3) is 0.647. The van der Waals surface area contributed by atoms with Gasteiger partial charge in [-0.25, -0.2) is 0 Å². The average Bonchev–Trinajstić information content (AvgIpc) is 2.34. The number of benzene rings is 1. The molecule has 1 unspecified atom stereocenters. The number of hydrogen-bond donors (Lipinski definition) is 1. The summed E-state index contributed by atoms with van der Waals surface area (Å²) >= 11 is 0. The van der Waals surface area contributed by atoms with Gasteiger partial charge >= 0.3 is 0 Å².